The number of aromatic nitrogens is 1. The highest BCUT2D eigenvalue weighted by atomic mass is 16.5. The normalized spacial score (nSPS) is 15.5. The molecule has 1 aromatic heterocycles. The number of rotatable bonds is 4. The summed E-state index contributed by atoms with van der Waals surface area (Å²) in [7, 11) is 1.60. The second-order valence-corrected chi connectivity index (χ2v) is 3.29. The monoisotopic (exact) mass is 179 g/mol. The van der Waals surface area contributed by atoms with Crippen LogP contribution in [-0.2, 0) is 0 Å². The van der Waals surface area contributed by atoms with E-state index in [-0.39, 0.29) is 0 Å². The lowest BCUT2D eigenvalue weighted by Crippen LogP contribution is -1.99. The van der Waals surface area contributed by atoms with Crippen LogP contribution in [0.15, 0.2) is 18.3 Å². The van der Waals surface area contributed by atoms with Crippen molar-refractivity contribution in [2.75, 3.05) is 13.7 Å². The van der Waals surface area contributed by atoms with Gasteiger partial charge in [-0.25, -0.2) is 4.98 Å². The molecule has 2 rings (SSSR count). The van der Waals surface area contributed by atoms with Crippen LogP contribution in [0.2, 0.25) is 0 Å². The Morgan fingerprint density at radius 1 is 1.46 bits per heavy atom. The second-order valence-electron chi connectivity index (χ2n) is 3.29. The van der Waals surface area contributed by atoms with E-state index in [4.69, 9.17) is 9.47 Å². The molecule has 3 heteroatoms. The average Bonchev–Trinajstić information content (AvgIpc) is 2.99. The summed E-state index contributed by atoms with van der Waals surface area (Å²) in [6.45, 7) is 0.827. The predicted octanol–water partition coefficient (Wildman–Crippen LogP) is 1.88. The summed E-state index contributed by atoms with van der Waals surface area (Å²) in [5, 5.41) is 0. The molecule has 3 nitrogen and oxygen atoms in total. The number of hydrogen-bond acceptors (Lipinski definition) is 3. The molecule has 0 radical (unpaired) electrons. The van der Waals surface area contributed by atoms with Crippen molar-refractivity contribution in [2.45, 2.75) is 12.8 Å². The van der Waals surface area contributed by atoms with E-state index in [1.54, 1.807) is 13.3 Å². The third-order valence-corrected chi connectivity index (χ3v) is 2.10. The van der Waals surface area contributed by atoms with Crippen LogP contribution in [0.3, 0.4) is 0 Å². The van der Waals surface area contributed by atoms with Crippen LogP contribution in [0.4, 0.5) is 0 Å². The lowest BCUT2D eigenvalue weighted by Gasteiger charge is -2.04. The molecule has 1 fully saturated rings. The van der Waals surface area contributed by atoms with Gasteiger partial charge in [0.1, 0.15) is 5.75 Å². The molecule has 0 spiro atoms. The van der Waals surface area contributed by atoms with Crippen LogP contribution >= 0.6 is 0 Å². The van der Waals surface area contributed by atoms with Crippen LogP contribution in [0.25, 0.3) is 0 Å². The number of ether oxygens (including phenoxy) is 2. The quantitative estimate of drug-likeness (QED) is 0.707. The molecule has 1 aliphatic rings. The summed E-state index contributed by atoms with van der Waals surface area (Å²) in [6, 6.07) is 3.69. The molecule has 0 unspecified atom stereocenters. The highest BCUT2D eigenvalue weighted by Crippen LogP contribution is 2.29. The van der Waals surface area contributed by atoms with Crippen molar-refractivity contribution in [2.24, 2.45) is 5.92 Å². The Balaban J connectivity index is 1.88. The highest BCUT2D eigenvalue weighted by molar-refractivity contribution is 5.22. The summed E-state index contributed by atoms with van der Waals surface area (Å²) in [6.07, 6.45) is 4.31. The molecule has 1 aliphatic carbocycles. The van der Waals surface area contributed by atoms with Gasteiger partial charge in [0.15, 0.2) is 0 Å². The van der Waals surface area contributed by atoms with Crippen molar-refractivity contribution in [1.29, 1.82) is 0 Å². The van der Waals surface area contributed by atoms with Crippen molar-refractivity contribution in [1.82, 2.24) is 4.98 Å². The zero-order valence-corrected chi connectivity index (χ0v) is 7.69. The van der Waals surface area contributed by atoms with Crippen LogP contribution < -0.4 is 9.47 Å². The Morgan fingerprint density at radius 3 is 2.85 bits per heavy atom. The van der Waals surface area contributed by atoms with E-state index in [0.29, 0.717) is 5.88 Å². The van der Waals surface area contributed by atoms with Gasteiger partial charge in [-0.3, -0.25) is 0 Å². The Morgan fingerprint density at radius 2 is 2.31 bits per heavy atom. The highest BCUT2D eigenvalue weighted by Gasteiger charge is 2.21. The largest absolute Gasteiger partial charge is 0.492 e. The van der Waals surface area contributed by atoms with E-state index in [1.807, 2.05) is 12.1 Å². The van der Waals surface area contributed by atoms with Gasteiger partial charge in [-0.2, -0.15) is 0 Å². The number of pyridine rings is 1. The molecule has 0 bridgehead atoms. The van der Waals surface area contributed by atoms with E-state index >= 15 is 0 Å². The molecular formula is C10H13NO2. The maximum absolute atomic E-state index is 5.51. The minimum Gasteiger partial charge on any atom is -0.492 e. The summed E-state index contributed by atoms with van der Waals surface area (Å²) in [4.78, 5) is 4.05. The van der Waals surface area contributed by atoms with Gasteiger partial charge >= 0.3 is 0 Å². The van der Waals surface area contributed by atoms with Gasteiger partial charge < -0.3 is 9.47 Å². The minimum atomic E-state index is 0.624. The van der Waals surface area contributed by atoms with E-state index in [9.17, 15) is 0 Å². The van der Waals surface area contributed by atoms with Crippen molar-refractivity contribution >= 4 is 0 Å². The van der Waals surface area contributed by atoms with Gasteiger partial charge in [0.2, 0.25) is 5.88 Å². The SMILES string of the molecule is COc1ccc(OCC2CC2)cn1. The van der Waals surface area contributed by atoms with Crippen molar-refractivity contribution in [3.05, 3.63) is 18.3 Å². The smallest absolute Gasteiger partial charge is 0.213 e. The zero-order valence-electron chi connectivity index (χ0n) is 7.69. The molecule has 13 heavy (non-hydrogen) atoms. The Bertz CT molecular complexity index is 267. The molecule has 70 valence electrons. The van der Waals surface area contributed by atoms with Crippen LogP contribution in [-0.4, -0.2) is 18.7 Å². The summed E-state index contributed by atoms with van der Waals surface area (Å²) >= 11 is 0. The van der Waals surface area contributed by atoms with Gasteiger partial charge in [-0.15, -0.1) is 0 Å². The Hall–Kier alpha value is -1.25. The first kappa shape index (κ1) is 8.35. The fourth-order valence-corrected chi connectivity index (χ4v) is 1.07. The van der Waals surface area contributed by atoms with Crippen LogP contribution in [0.1, 0.15) is 12.8 Å². The third-order valence-electron chi connectivity index (χ3n) is 2.10. The van der Waals surface area contributed by atoms with Gasteiger partial charge in [0, 0.05) is 6.07 Å². The van der Waals surface area contributed by atoms with Gasteiger partial charge in [-0.05, 0) is 24.8 Å². The standard InChI is InChI=1S/C10H13NO2/c1-12-10-5-4-9(6-11-10)13-7-8-2-3-8/h4-6,8H,2-3,7H2,1H3. The fraction of sp³-hybridized carbons (Fsp3) is 0.500. The van der Waals surface area contributed by atoms with E-state index in [0.717, 1.165) is 18.3 Å². The van der Waals surface area contributed by atoms with Gasteiger partial charge in [0.05, 0.1) is 19.9 Å². The maximum Gasteiger partial charge on any atom is 0.213 e. The van der Waals surface area contributed by atoms with Crippen molar-refractivity contribution < 1.29 is 9.47 Å². The molecule has 0 amide bonds. The molecule has 1 heterocycles. The molecule has 0 N–H and O–H groups in total. The fourth-order valence-electron chi connectivity index (χ4n) is 1.07. The number of methoxy groups -OCH3 is 1. The number of hydrogen-bond donors (Lipinski definition) is 0. The number of nitrogens with zero attached hydrogens (tertiary/aromatic N) is 1. The summed E-state index contributed by atoms with van der Waals surface area (Å²) in [5.74, 6) is 2.23. The lowest BCUT2D eigenvalue weighted by molar-refractivity contribution is 0.297. The maximum atomic E-state index is 5.51. The van der Waals surface area contributed by atoms with E-state index in [1.165, 1.54) is 12.8 Å². The van der Waals surface area contributed by atoms with E-state index < -0.39 is 0 Å². The van der Waals surface area contributed by atoms with E-state index in [2.05, 4.69) is 4.98 Å². The first-order chi connectivity index (χ1) is 6.38. The molecular weight excluding hydrogens is 166 g/mol. The van der Waals surface area contributed by atoms with Crippen molar-refractivity contribution in [3.63, 3.8) is 0 Å². The topological polar surface area (TPSA) is 31.4 Å². The average molecular weight is 179 g/mol. The molecule has 0 atom stereocenters. The van der Waals surface area contributed by atoms with Crippen LogP contribution in [0, 0.1) is 5.92 Å². The second kappa shape index (κ2) is 3.64. The zero-order chi connectivity index (χ0) is 9.10. The molecule has 1 aromatic rings. The summed E-state index contributed by atoms with van der Waals surface area (Å²) < 4.78 is 10.5. The predicted molar refractivity (Wildman–Crippen MR) is 49.0 cm³/mol. The molecule has 1 saturated carbocycles. The van der Waals surface area contributed by atoms with Gasteiger partial charge in [0.25, 0.3) is 0 Å². The first-order valence-corrected chi connectivity index (χ1v) is 4.51. The molecule has 0 aromatic carbocycles. The van der Waals surface area contributed by atoms with Crippen molar-refractivity contribution in [3.8, 4) is 11.6 Å². The third kappa shape index (κ3) is 2.34. The first-order valence-electron chi connectivity index (χ1n) is 4.51. The van der Waals surface area contributed by atoms with Crippen LogP contribution in [0.5, 0.6) is 11.6 Å². The minimum absolute atomic E-state index is 0.624. The summed E-state index contributed by atoms with van der Waals surface area (Å²) in [5.41, 5.74) is 0. The Kier molecular flexibility index (Phi) is 2.34. The molecule has 0 saturated heterocycles. The molecule has 0 aliphatic heterocycles. The Labute approximate surface area is 77.7 Å². The van der Waals surface area contributed by atoms with Gasteiger partial charge in [-0.1, -0.05) is 0 Å². The lowest BCUT2D eigenvalue weighted by atomic mass is 10.4.